The topological polar surface area (TPSA) is 46.6 Å². The molecule has 0 radical (unpaired) electrons. The van der Waals surface area contributed by atoms with Crippen molar-refractivity contribution in [3.8, 4) is 0 Å². The van der Waals surface area contributed by atoms with Crippen molar-refractivity contribution in [1.82, 2.24) is 4.31 Å². The molecule has 0 atom stereocenters. The van der Waals surface area contributed by atoms with Crippen LogP contribution in [0.15, 0.2) is 47.4 Å². The van der Waals surface area contributed by atoms with Gasteiger partial charge < -0.3 is 4.74 Å². The molecule has 1 fully saturated rings. The summed E-state index contributed by atoms with van der Waals surface area (Å²) in [7, 11) is -3.42. The number of hydrogen-bond donors (Lipinski definition) is 0. The van der Waals surface area contributed by atoms with Crippen LogP contribution in [0.3, 0.4) is 0 Å². The van der Waals surface area contributed by atoms with Crippen LogP contribution in [0.5, 0.6) is 0 Å². The predicted molar refractivity (Wildman–Crippen MR) is 102 cm³/mol. The van der Waals surface area contributed by atoms with E-state index in [1.165, 1.54) is 21.9 Å². The Kier molecular flexibility index (Phi) is 5.06. The van der Waals surface area contributed by atoms with Gasteiger partial charge in [0.1, 0.15) is 0 Å². The molecule has 2 aromatic carbocycles. The standard InChI is InChI=1S/C20H22ClNO3S/c21-18-8-5-15(6-9-18)14-25-19-12-22(13-19)26(23,24)20-10-7-16-3-1-2-4-17(16)11-20/h5-11,19H,1-4,12-14H2. The highest BCUT2D eigenvalue weighted by Gasteiger charge is 2.37. The Morgan fingerprint density at radius 1 is 1.00 bits per heavy atom. The molecule has 0 amide bonds. The first-order chi connectivity index (χ1) is 12.5. The second kappa shape index (κ2) is 7.31. The molecular weight excluding hydrogens is 370 g/mol. The first kappa shape index (κ1) is 18.0. The fourth-order valence-corrected chi connectivity index (χ4v) is 5.20. The Labute approximate surface area is 159 Å². The average Bonchev–Trinajstić information content (AvgIpc) is 2.61. The molecule has 26 heavy (non-hydrogen) atoms. The molecule has 138 valence electrons. The van der Waals surface area contributed by atoms with E-state index in [-0.39, 0.29) is 6.10 Å². The van der Waals surface area contributed by atoms with Gasteiger partial charge in [-0.05, 0) is 66.6 Å². The van der Waals surface area contributed by atoms with Crippen molar-refractivity contribution in [1.29, 1.82) is 0 Å². The smallest absolute Gasteiger partial charge is 0.243 e. The van der Waals surface area contributed by atoms with E-state index in [0.717, 1.165) is 24.8 Å². The molecule has 4 rings (SSSR count). The Morgan fingerprint density at radius 3 is 2.42 bits per heavy atom. The molecule has 0 bridgehead atoms. The summed E-state index contributed by atoms with van der Waals surface area (Å²) in [5.41, 5.74) is 3.52. The first-order valence-corrected chi connectivity index (χ1v) is 10.8. The van der Waals surface area contributed by atoms with E-state index < -0.39 is 10.0 Å². The van der Waals surface area contributed by atoms with E-state index >= 15 is 0 Å². The zero-order valence-corrected chi connectivity index (χ0v) is 16.1. The molecule has 0 N–H and O–H groups in total. The van der Waals surface area contributed by atoms with Crippen LogP contribution in [0.1, 0.15) is 29.5 Å². The Hall–Kier alpha value is -1.40. The molecule has 1 aliphatic carbocycles. The molecule has 1 heterocycles. The molecule has 2 aliphatic rings. The highest BCUT2D eigenvalue weighted by molar-refractivity contribution is 7.89. The van der Waals surface area contributed by atoms with Gasteiger partial charge >= 0.3 is 0 Å². The molecule has 4 nitrogen and oxygen atoms in total. The second-order valence-electron chi connectivity index (χ2n) is 7.02. The van der Waals surface area contributed by atoms with Crippen molar-refractivity contribution >= 4 is 21.6 Å². The third-order valence-corrected chi connectivity index (χ3v) is 7.25. The SMILES string of the molecule is O=S(=O)(c1ccc2c(c1)CCCC2)N1CC(OCc2ccc(Cl)cc2)C1. The maximum atomic E-state index is 12.8. The van der Waals surface area contributed by atoms with E-state index in [1.807, 2.05) is 36.4 Å². The van der Waals surface area contributed by atoms with Gasteiger partial charge in [0, 0.05) is 18.1 Å². The van der Waals surface area contributed by atoms with E-state index in [0.29, 0.717) is 29.6 Å². The highest BCUT2D eigenvalue weighted by atomic mass is 35.5. The lowest BCUT2D eigenvalue weighted by molar-refractivity contribution is -0.0295. The minimum atomic E-state index is -3.42. The lowest BCUT2D eigenvalue weighted by atomic mass is 9.92. The van der Waals surface area contributed by atoms with Crippen molar-refractivity contribution in [3.63, 3.8) is 0 Å². The van der Waals surface area contributed by atoms with Crippen molar-refractivity contribution in [3.05, 3.63) is 64.2 Å². The zero-order chi connectivity index (χ0) is 18.1. The van der Waals surface area contributed by atoms with Crippen LogP contribution in [0.4, 0.5) is 0 Å². The molecule has 0 spiro atoms. The van der Waals surface area contributed by atoms with Crippen molar-refractivity contribution in [2.45, 2.75) is 43.3 Å². The Bertz CT molecular complexity index is 890. The lowest BCUT2D eigenvalue weighted by Crippen LogP contribution is -2.54. The number of halogens is 1. The van der Waals surface area contributed by atoms with Crippen molar-refractivity contribution in [2.75, 3.05) is 13.1 Å². The minimum absolute atomic E-state index is 0.0573. The van der Waals surface area contributed by atoms with Gasteiger partial charge in [-0.25, -0.2) is 8.42 Å². The summed E-state index contributed by atoms with van der Waals surface area (Å²) in [6.45, 7) is 1.29. The van der Waals surface area contributed by atoms with Gasteiger partial charge in [-0.2, -0.15) is 4.31 Å². The molecule has 1 saturated heterocycles. The summed E-state index contributed by atoms with van der Waals surface area (Å²) >= 11 is 5.87. The number of nitrogens with zero attached hydrogens (tertiary/aromatic N) is 1. The van der Waals surface area contributed by atoms with Gasteiger partial charge in [0.15, 0.2) is 0 Å². The normalized spacial score (nSPS) is 18.3. The van der Waals surface area contributed by atoms with Gasteiger partial charge in [0.05, 0.1) is 17.6 Å². The lowest BCUT2D eigenvalue weighted by Gasteiger charge is -2.37. The van der Waals surface area contributed by atoms with Crippen molar-refractivity contribution in [2.24, 2.45) is 0 Å². The fourth-order valence-electron chi connectivity index (χ4n) is 3.52. The summed E-state index contributed by atoms with van der Waals surface area (Å²) in [6, 6.07) is 13.1. The Morgan fingerprint density at radius 2 is 1.69 bits per heavy atom. The largest absolute Gasteiger partial charge is 0.371 e. The first-order valence-electron chi connectivity index (χ1n) is 9.00. The van der Waals surface area contributed by atoms with Crippen LogP contribution < -0.4 is 0 Å². The Balaban J connectivity index is 1.36. The quantitative estimate of drug-likeness (QED) is 0.778. The number of aryl methyl sites for hydroxylation is 2. The average molecular weight is 392 g/mol. The third kappa shape index (κ3) is 3.67. The van der Waals surface area contributed by atoms with E-state index in [2.05, 4.69) is 0 Å². The molecule has 2 aromatic rings. The molecule has 0 unspecified atom stereocenters. The third-order valence-electron chi connectivity index (χ3n) is 5.17. The summed E-state index contributed by atoms with van der Waals surface area (Å²) < 4.78 is 32.9. The van der Waals surface area contributed by atoms with Crippen LogP contribution in [0, 0.1) is 0 Å². The molecular formula is C20H22ClNO3S. The summed E-state index contributed by atoms with van der Waals surface area (Å²) in [5, 5.41) is 0.694. The van der Waals surface area contributed by atoms with Crippen LogP contribution in [0.25, 0.3) is 0 Å². The van der Waals surface area contributed by atoms with E-state index in [9.17, 15) is 8.42 Å². The maximum absolute atomic E-state index is 12.8. The zero-order valence-electron chi connectivity index (χ0n) is 14.5. The predicted octanol–water partition coefficient (Wildman–Crippen LogP) is 3.81. The summed E-state index contributed by atoms with van der Waals surface area (Å²) in [4.78, 5) is 0.411. The van der Waals surface area contributed by atoms with Crippen molar-refractivity contribution < 1.29 is 13.2 Å². The molecule has 0 aromatic heterocycles. The van der Waals surface area contributed by atoms with Gasteiger partial charge in [0.25, 0.3) is 0 Å². The highest BCUT2D eigenvalue weighted by Crippen LogP contribution is 2.28. The monoisotopic (exact) mass is 391 g/mol. The summed E-state index contributed by atoms with van der Waals surface area (Å²) in [5.74, 6) is 0. The number of sulfonamides is 1. The van der Waals surface area contributed by atoms with Crippen LogP contribution in [-0.4, -0.2) is 31.9 Å². The maximum Gasteiger partial charge on any atom is 0.243 e. The number of rotatable bonds is 5. The summed E-state index contributed by atoms with van der Waals surface area (Å²) in [6.07, 6.45) is 4.31. The van der Waals surface area contributed by atoms with Gasteiger partial charge in [-0.3, -0.25) is 0 Å². The number of ether oxygens (including phenoxy) is 1. The van der Waals surface area contributed by atoms with Crippen LogP contribution in [0.2, 0.25) is 5.02 Å². The molecule has 6 heteroatoms. The van der Waals surface area contributed by atoms with E-state index in [4.69, 9.17) is 16.3 Å². The van der Waals surface area contributed by atoms with Crippen LogP contribution >= 0.6 is 11.6 Å². The van der Waals surface area contributed by atoms with Gasteiger partial charge in [-0.1, -0.05) is 29.8 Å². The number of benzene rings is 2. The number of hydrogen-bond acceptors (Lipinski definition) is 3. The fraction of sp³-hybridized carbons (Fsp3) is 0.400. The minimum Gasteiger partial charge on any atom is -0.371 e. The van der Waals surface area contributed by atoms with Crippen LogP contribution in [-0.2, 0) is 34.2 Å². The van der Waals surface area contributed by atoms with Gasteiger partial charge in [0.2, 0.25) is 10.0 Å². The number of fused-ring (bicyclic) bond motifs is 1. The second-order valence-corrected chi connectivity index (χ2v) is 9.39. The van der Waals surface area contributed by atoms with Gasteiger partial charge in [-0.15, -0.1) is 0 Å². The van der Waals surface area contributed by atoms with E-state index in [1.54, 1.807) is 6.07 Å². The molecule has 0 saturated carbocycles. The molecule has 1 aliphatic heterocycles.